The molecule has 0 atom stereocenters. The molecule has 1 saturated carbocycles. The van der Waals surface area contributed by atoms with Crippen LogP contribution in [0.2, 0.25) is 0 Å². The van der Waals surface area contributed by atoms with Crippen LogP contribution in [0, 0.1) is 11.3 Å². The molecule has 0 bridgehead atoms. The van der Waals surface area contributed by atoms with E-state index in [2.05, 4.69) is 16.7 Å². The molecule has 0 aromatic heterocycles. The highest BCUT2D eigenvalue weighted by Gasteiger charge is 2.35. The minimum absolute atomic E-state index is 0.0411. The van der Waals surface area contributed by atoms with E-state index in [1.807, 2.05) is 0 Å². The van der Waals surface area contributed by atoms with Crippen molar-refractivity contribution in [1.82, 2.24) is 9.62 Å². The van der Waals surface area contributed by atoms with Crippen molar-refractivity contribution < 1.29 is 17.9 Å². The Balaban J connectivity index is 1.73. The van der Waals surface area contributed by atoms with Gasteiger partial charge < -0.3 is 15.4 Å². The number of benzene rings is 1. The summed E-state index contributed by atoms with van der Waals surface area (Å²) >= 11 is 0. The Labute approximate surface area is 172 Å². The minimum Gasteiger partial charge on any atom is -0.492 e. The molecular formula is C20H28N4O4S. The number of nitrogens with one attached hydrogen (secondary N) is 2. The Bertz CT molecular complexity index is 882. The van der Waals surface area contributed by atoms with Gasteiger partial charge in [0.25, 0.3) is 0 Å². The van der Waals surface area contributed by atoms with Gasteiger partial charge in [0.05, 0.1) is 19.2 Å². The first-order valence-corrected chi connectivity index (χ1v) is 11.6. The van der Waals surface area contributed by atoms with Gasteiger partial charge in [-0.2, -0.15) is 9.57 Å². The summed E-state index contributed by atoms with van der Waals surface area (Å²) in [5.41, 5.74) is -0.263. The molecule has 1 aliphatic heterocycles. The monoisotopic (exact) mass is 420 g/mol. The molecule has 8 nitrogen and oxygen atoms in total. The molecule has 1 aromatic rings. The predicted molar refractivity (Wildman–Crippen MR) is 109 cm³/mol. The number of hydrogen-bond acceptors (Lipinski definition) is 6. The third-order valence-electron chi connectivity index (χ3n) is 5.43. The van der Waals surface area contributed by atoms with E-state index in [-0.39, 0.29) is 17.3 Å². The topological polar surface area (TPSA) is 112 Å². The van der Waals surface area contributed by atoms with E-state index in [1.165, 1.54) is 10.4 Å². The summed E-state index contributed by atoms with van der Waals surface area (Å²) in [7, 11) is -3.66. The molecule has 1 amide bonds. The van der Waals surface area contributed by atoms with E-state index < -0.39 is 15.6 Å². The summed E-state index contributed by atoms with van der Waals surface area (Å²) < 4.78 is 33.1. The number of amides is 1. The van der Waals surface area contributed by atoms with Crippen LogP contribution in [0.5, 0.6) is 5.75 Å². The van der Waals surface area contributed by atoms with Crippen LogP contribution in [0.15, 0.2) is 23.1 Å². The molecular weight excluding hydrogens is 392 g/mol. The smallest absolute Gasteiger partial charge is 0.246 e. The molecule has 0 spiro atoms. The van der Waals surface area contributed by atoms with Crippen LogP contribution in [0.1, 0.15) is 45.4 Å². The van der Waals surface area contributed by atoms with Gasteiger partial charge in [0.1, 0.15) is 16.2 Å². The van der Waals surface area contributed by atoms with E-state index in [9.17, 15) is 18.5 Å². The lowest BCUT2D eigenvalue weighted by Gasteiger charge is -2.22. The van der Waals surface area contributed by atoms with Crippen molar-refractivity contribution in [3.05, 3.63) is 18.2 Å². The number of nitrogens with zero attached hydrogens (tertiary/aromatic N) is 2. The van der Waals surface area contributed by atoms with Gasteiger partial charge in [-0.25, -0.2) is 8.42 Å². The fraction of sp³-hybridized carbons (Fsp3) is 0.600. The molecule has 0 unspecified atom stereocenters. The molecule has 1 aromatic carbocycles. The molecule has 2 fully saturated rings. The van der Waals surface area contributed by atoms with Gasteiger partial charge in [-0.05, 0) is 63.6 Å². The fourth-order valence-electron chi connectivity index (χ4n) is 3.90. The molecule has 2 aliphatic rings. The molecule has 3 rings (SSSR count). The Kier molecular flexibility index (Phi) is 6.65. The summed E-state index contributed by atoms with van der Waals surface area (Å²) in [6.45, 7) is 3.12. The van der Waals surface area contributed by atoms with Gasteiger partial charge in [0, 0.05) is 18.8 Å². The maximum absolute atomic E-state index is 13.0. The predicted octanol–water partition coefficient (Wildman–Crippen LogP) is 2.23. The lowest BCUT2D eigenvalue weighted by molar-refractivity contribution is -0.120. The van der Waals surface area contributed by atoms with Crippen molar-refractivity contribution in [2.24, 2.45) is 0 Å². The number of hydrogen-bond donors (Lipinski definition) is 2. The van der Waals surface area contributed by atoms with Crippen LogP contribution in [-0.4, -0.2) is 50.4 Å². The average Bonchev–Trinajstić information content (AvgIpc) is 3.40. The largest absolute Gasteiger partial charge is 0.492 e. The van der Waals surface area contributed by atoms with Gasteiger partial charge in [-0.15, -0.1) is 0 Å². The third kappa shape index (κ3) is 4.82. The normalized spacial score (nSPS) is 18.9. The van der Waals surface area contributed by atoms with Crippen LogP contribution in [0.4, 0.5) is 5.69 Å². The van der Waals surface area contributed by atoms with Crippen LogP contribution >= 0.6 is 0 Å². The standard InChI is InChI=1S/C20H28N4O4S/c1-2-28-17-8-7-16(13-18(17)29(26,27)24-11-5-6-12-24)22-14-19(25)23-20(15-21)9-3-4-10-20/h7-8,13,22H,2-6,9-12,14H2,1H3,(H,23,25). The molecule has 0 radical (unpaired) electrons. The lowest BCUT2D eigenvalue weighted by atomic mass is 10.00. The highest BCUT2D eigenvalue weighted by Crippen LogP contribution is 2.32. The van der Waals surface area contributed by atoms with Crippen molar-refractivity contribution in [3.8, 4) is 11.8 Å². The van der Waals surface area contributed by atoms with Crippen LogP contribution in [0.25, 0.3) is 0 Å². The zero-order chi connectivity index (χ0) is 20.9. The van der Waals surface area contributed by atoms with Crippen LogP contribution in [0.3, 0.4) is 0 Å². The second-order valence-corrected chi connectivity index (χ2v) is 9.41. The summed E-state index contributed by atoms with van der Waals surface area (Å²) in [6, 6.07) is 7.05. The molecule has 1 aliphatic carbocycles. The molecule has 9 heteroatoms. The van der Waals surface area contributed by atoms with Gasteiger partial charge in [-0.1, -0.05) is 0 Å². The molecule has 1 saturated heterocycles. The SMILES string of the molecule is CCOc1ccc(NCC(=O)NC2(C#N)CCCC2)cc1S(=O)(=O)N1CCCC1. The number of carbonyl (C=O) groups excluding carboxylic acids is 1. The Morgan fingerprint density at radius 1 is 1.24 bits per heavy atom. The number of sulfonamides is 1. The molecule has 158 valence electrons. The second kappa shape index (κ2) is 9.01. The Morgan fingerprint density at radius 3 is 2.55 bits per heavy atom. The summed E-state index contributed by atoms with van der Waals surface area (Å²) in [4.78, 5) is 12.4. The van der Waals surface area contributed by atoms with Gasteiger partial charge in [-0.3, -0.25) is 4.79 Å². The quantitative estimate of drug-likeness (QED) is 0.667. The summed E-state index contributed by atoms with van der Waals surface area (Å²) in [5, 5.41) is 15.2. The number of ether oxygens (including phenoxy) is 1. The number of nitriles is 1. The Hall–Kier alpha value is -2.31. The van der Waals surface area contributed by atoms with Crippen molar-refractivity contribution in [3.63, 3.8) is 0 Å². The summed E-state index contributed by atoms with van der Waals surface area (Å²) in [5.74, 6) is 0.0232. The van der Waals surface area contributed by atoms with E-state index in [1.54, 1.807) is 19.1 Å². The first-order chi connectivity index (χ1) is 13.9. The van der Waals surface area contributed by atoms with Gasteiger partial charge in [0.2, 0.25) is 15.9 Å². The van der Waals surface area contributed by atoms with Crippen LogP contribution < -0.4 is 15.4 Å². The van der Waals surface area contributed by atoms with Gasteiger partial charge in [0.15, 0.2) is 0 Å². The fourth-order valence-corrected chi connectivity index (χ4v) is 5.57. The maximum atomic E-state index is 13.0. The number of rotatable bonds is 8. The lowest BCUT2D eigenvalue weighted by Crippen LogP contribution is -2.47. The zero-order valence-electron chi connectivity index (χ0n) is 16.7. The van der Waals surface area contributed by atoms with Crippen molar-refractivity contribution >= 4 is 21.6 Å². The van der Waals surface area contributed by atoms with E-state index in [0.717, 1.165) is 25.7 Å². The van der Waals surface area contributed by atoms with Crippen LogP contribution in [-0.2, 0) is 14.8 Å². The molecule has 1 heterocycles. The van der Waals surface area contributed by atoms with Gasteiger partial charge >= 0.3 is 0 Å². The van der Waals surface area contributed by atoms with Crippen molar-refractivity contribution in [2.75, 3.05) is 31.6 Å². The van der Waals surface area contributed by atoms with Crippen molar-refractivity contribution in [1.29, 1.82) is 5.26 Å². The second-order valence-electron chi connectivity index (χ2n) is 7.51. The molecule has 2 N–H and O–H groups in total. The zero-order valence-corrected chi connectivity index (χ0v) is 17.6. The highest BCUT2D eigenvalue weighted by atomic mass is 32.2. The Morgan fingerprint density at radius 2 is 1.93 bits per heavy atom. The first-order valence-electron chi connectivity index (χ1n) is 10.1. The average molecular weight is 421 g/mol. The molecule has 29 heavy (non-hydrogen) atoms. The van der Waals surface area contributed by atoms with E-state index in [4.69, 9.17) is 4.74 Å². The maximum Gasteiger partial charge on any atom is 0.246 e. The highest BCUT2D eigenvalue weighted by molar-refractivity contribution is 7.89. The van der Waals surface area contributed by atoms with E-state index in [0.29, 0.717) is 44.0 Å². The minimum atomic E-state index is -3.66. The van der Waals surface area contributed by atoms with E-state index >= 15 is 0 Å². The van der Waals surface area contributed by atoms with Crippen molar-refractivity contribution in [2.45, 2.75) is 55.9 Å². The first kappa shape index (κ1) is 21.4. The number of anilines is 1. The number of carbonyl (C=O) groups is 1. The summed E-state index contributed by atoms with van der Waals surface area (Å²) in [6.07, 6.45) is 4.88. The third-order valence-corrected chi connectivity index (χ3v) is 7.35.